The lowest BCUT2D eigenvalue weighted by Crippen LogP contribution is -2.27. The maximum absolute atomic E-state index is 4.52. The molecule has 0 saturated carbocycles. The molecule has 1 aromatic carbocycles. The highest BCUT2D eigenvalue weighted by molar-refractivity contribution is 7.99. The van der Waals surface area contributed by atoms with Gasteiger partial charge in [0.15, 0.2) is 0 Å². The van der Waals surface area contributed by atoms with E-state index in [-0.39, 0.29) is 0 Å². The summed E-state index contributed by atoms with van der Waals surface area (Å²) in [6.45, 7) is 0. The van der Waals surface area contributed by atoms with E-state index in [1.807, 2.05) is 11.8 Å². The summed E-state index contributed by atoms with van der Waals surface area (Å²) in [5.41, 5.74) is 1.26. The first kappa shape index (κ1) is 8.06. The maximum atomic E-state index is 4.52. The van der Waals surface area contributed by atoms with Crippen molar-refractivity contribution >= 4 is 23.9 Å². The molecule has 0 atom stereocenters. The van der Waals surface area contributed by atoms with Crippen molar-refractivity contribution in [1.29, 1.82) is 0 Å². The number of hydrogen-bond acceptors (Lipinski definition) is 2. The van der Waals surface area contributed by atoms with Crippen LogP contribution < -0.4 is 10.6 Å². The van der Waals surface area contributed by atoms with Gasteiger partial charge < -0.3 is 0 Å². The molecule has 1 heterocycles. The predicted molar refractivity (Wildman–Crippen MR) is 60.6 cm³/mol. The molecule has 0 amide bonds. The Balaban J connectivity index is 2.47. The van der Waals surface area contributed by atoms with Crippen LogP contribution in [0, 0.1) is 0 Å². The average Bonchev–Trinajstić information content (AvgIpc) is 2.55. The van der Waals surface area contributed by atoms with Crippen molar-refractivity contribution in [2.75, 3.05) is 5.88 Å². The van der Waals surface area contributed by atoms with Crippen LogP contribution in [0.4, 0.5) is 0 Å². The molecule has 2 heteroatoms. The topological polar surface area (TPSA) is 12.4 Å². The highest BCUT2D eigenvalue weighted by Crippen LogP contribution is 2.17. The number of allylic oxidation sites excluding steroid dienone is 3. The van der Waals surface area contributed by atoms with Crippen LogP contribution in [0.3, 0.4) is 0 Å². The van der Waals surface area contributed by atoms with Crippen LogP contribution in [0.2, 0.25) is 0 Å². The summed E-state index contributed by atoms with van der Waals surface area (Å²) in [6.07, 6.45) is 10.5. The minimum Gasteiger partial charge on any atom is -0.272 e. The van der Waals surface area contributed by atoms with Gasteiger partial charge in [0.1, 0.15) is 0 Å². The summed E-state index contributed by atoms with van der Waals surface area (Å²) in [5.74, 6) is 0.868. The molecule has 1 aromatic rings. The Kier molecular flexibility index (Phi) is 1.81. The molecule has 2 aliphatic rings. The minimum absolute atomic E-state index is 0.868. The number of nitrogens with zero attached hydrogens (tertiary/aromatic N) is 1. The lowest BCUT2D eigenvalue weighted by atomic mass is 10.1. The van der Waals surface area contributed by atoms with Crippen molar-refractivity contribution < 1.29 is 0 Å². The molecule has 3 rings (SSSR count). The van der Waals surface area contributed by atoms with E-state index in [4.69, 9.17) is 0 Å². The molecule has 0 bridgehead atoms. The first-order chi connectivity index (χ1) is 6.95. The van der Waals surface area contributed by atoms with Gasteiger partial charge in [-0.25, -0.2) is 0 Å². The summed E-state index contributed by atoms with van der Waals surface area (Å²) < 4.78 is 0. The molecule has 0 N–H and O–H groups in total. The van der Waals surface area contributed by atoms with Crippen molar-refractivity contribution in [2.45, 2.75) is 4.90 Å². The zero-order chi connectivity index (χ0) is 9.38. The summed E-state index contributed by atoms with van der Waals surface area (Å²) in [6, 6.07) is 4.33. The van der Waals surface area contributed by atoms with Crippen molar-refractivity contribution in [2.24, 2.45) is 4.99 Å². The summed E-state index contributed by atoms with van der Waals surface area (Å²) in [5, 5.41) is 2.43. The van der Waals surface area contributed by atoms with Crippen LogP contribution in [-0.4, -0.2) is 5.88 Å². The van der Waals surface area contributed by atoms with E-state index >= 15 is 0 Å². The molecular weight excluding hydrogens is 190 g/mol. The molecule has 1 aliphatic heterocycles. The molecular formula is C12H9NS. The van der Waals surface area contributed by atoms with Gasteiger partial charge in [-0.05, 0) is 11.6 Å². The van der Waals surface area contributed by atoms with E-state index in [0.717, 1.165) is 5.88 Å². The molecule has 0 saturated heterocycles. The van der Waals surface area contributed by atoms with E-state index in [2.05, 4.69) is 47.5 Å². The first-order valence-electron chi connectivity index (χ1n) is 4.60. The Bertz CT molecular complexity index is 552. The maximum Gasteiger partial charge on any atom is 0.0898 e. The van der Waals surface area contributed by atoms with E-state index in [1.54, 1.807) is 0 Å². The number of fused-ring (bicyclic) bond motifs is 3. The van der Waals surface area contributed by atoms with Crippen LogP contribution >= 0.6 is 11.8 Å². The third-order valence-corrected chi connectivity index (χ3v) is 3.32. The summed E-state index contributed by atoms with van der Waals surface area (Å²) in [4.78, 5) is 5.83. The van der Waals surface area contributed by atoms with E-state index < -0.39 is 0 Å². The number of thioether (sulfide) groups is 1. The fourth-order valence-corrected chi connectivity index (χ4v) is 2.55. The Morgan fingerprint density at radius 1 is 1.14 bits per heavy atom. The smallest absolute Gasteiger partial charge is 0.0898 e. The largest absolute Gasteiger partial charge is 0.272 e. The SMILES string of the molecule is C1=CC=c2c(ccc3c2=NCS3)C=C1. The Hall–Kier alpha value is -1.28. The van der Waals surface area contributed by atoms with Gasteiger partial charge in [0.05, 0.1) is 11.2 Å². The molecule has 0 aromatic heterocycles. The number of benzene rings is 1. The standard InChI is InChI=1S/C12H9NS/c1-2-4-9-6-7-11-12(13-8-14-11)10(9)5-3-1/h1-7H,8H2. The number of hydrogen-bond donors (Lipinski definition) is 0. The fourth-order valence-electron chi connectivity index (χ4n) is 1.75. The quantitative estimate of drug-likeness (QED) is 0.620. The van der Waals surface area contributed by atoms with Gasteiger partial charge in [-0.1, -0.05) is 36.4 Å². The molecule has 0 fully saturated rings. The Morgan fingerprint density at radius 2 is 2.14 bits per heavy atom. The Labute approximate surface area is 86.6 Å². The van der Waals surface area contributed by atoms with Gasteiger partial charge in [0.25, 0.3) is 0 Å². The molecule has 14 heavy (non-hydrogen) atoms. The molecule has 0 radical (unpaired) electrons. The lowest BCUT2D eigenvalue weighted by Gasteiger charge is -1.96. The third-order valence-electron chi connectivity index (χ3n) is 2.42. The third kappa shape index (κ3) is 1.15. The van der Waals surface area contributed by atoms with Crippen LogP contribution in [0.15, 0.2) is 40.2 Å². The second-order valence-electron chi connectivity index (χ2n) is 3.26. The van der Waals surface area contributed by atoms with E-state index in [1.165, 1.54) is 21.0 Å². The average molecular weight is 199 g/mol. The molecule has 0 spiro atoms. The van der Waals surface area contributed by atoms with Gasteiger partial charge in [-0.15, -0.1) is 11.8 Å². The highest BCUT2D eigenvalue weighted by Gasteiger charge is 2.07. The second kappa shape index (κ2) is 3.14. The lowest BCUT2D eigenvalue weighted by molar-refractivity contribution is 1.18. The zero-order valence-corrected chi connectivity index (χ0v) is 8.42. The monoisotopic (exact) mass is 199 g/mol. The van der Waals surface area contributed by atoms with Crippen molar-refractivity contribution in [3.05, 3.63) is 46.5 Å². The molecule has 0 unspecified atom stereocenters. The molecule has 1 aliphatic carbocycles. The van der Waals surface area contributed by atoms with Gasteiger partial charge in [-0.3, -0.25) is 4.99 Å². The Morgan fingerprint density at radius 3 is 3.14 bits per heavy atom. The second-order valence-corrected chi connectivity index (χ2v) is 4.24. The fraction of sp³-hybridized carbons (Fsp3) is 0.0833. The highest BCUT2D eigenvalue weighted by atomic mass is 32.2. The van der Waals surface area contributed by atoms with Gasteiger partial charge >= 0.3 is 0 Å². The summed E-state index contributed by atoms with van der Waals surface area (Å²) >= 11 is 1.81. The van der Waals surface area contributed by atoms with Crippen LogP contribution in [0.1, 0.15) is 5.56 Å². The minimum atomic E-state index is 0.868. The van der Waals surface area contributed by atoms with Gasteiger partial charge in [0.2, 0.25) is 0 Å². The van der Waals surface area contributed by atoms with E-state index in [0.29, 0.717) is 0 Å². The molecule has 68 valence electrons. The first-order valence-corrected chi connectivity index (χ1v) is 5.59. The van der Waals surface area contributed by atoms with Crippen molar-refractivity contribution in [3.63, 3.8) is 0 Å². The summed E-state index contributed by atoms with van der Waals surface area (Å²) in [7, 11) is 0. The van der Waals surface area contributed by atoms with Crippen LogP contribution in [0.25, 0.3) is 12.2 Å². The number of rotatable bonds is 0. The normalized spacial score (nSPS) is 16.6. The molecule has 1 nitrogen and oxygen atoms in total. The van der Waals surface area contributed by atoms with Crippen LogP contribution in [-0.2, 0) is 0 Å². The van der Waals surface area contributed by atoms with Crippen molar-refractivity contribution in [3.8, 4) is 0 Å². The van der Waals surface area contributed by atoms with E-state index in [9.17, 15) is 0 Å². The zero-order valence-electron chi connectivity index (χ0n) is 7.60. The van der Waals surface area contributed by atoms with Gasteiger partial charge in [-0.2, -0.15) is 0 Å². The van der Waals surface area contributed by atoms with Crippen LogP contribution in [0.5, 0.6) is 0 Å². The predicted octanol–water partition coefficient (Wildman–Crippen LogP) is 1.73. The van der Waals surface area contributed by atoms with Gasteiger partial charge in [0, 0.05) is 10.1 Å². The van der Waals surface area contributed by atoms with Crippen molar-refractivity contribution in [1.82, 2.24) is 0 Å².